The van der Waals surface area contributed by atoms with Crippen molar-refractivity contribution in [1.82, 2.24) is 0 Å². The summed E-state index contributed by atoms with van der Waals surface area (Å²) < 4.78 is 4.66. The molecule has 0 unspecified atom stereocenters. The lowest BCUT2D eigenvalue weighted by molar-refractivity contribution is -0.385. The van der Waals surface area contributed by atoms with Crippen molar-refractivity contribution in [3.8, 4) is 0 Å². The molecule has 0 heterocycles. The number of nitrogens with one attached hydrogen (secondary N) is 1. The minimum Gasteiger partial charge on any atom is -0.465 e. The number of hydrogen-bond acceptors (Lipinski definition) is 5. The van der Waals surface area contributed by atoms with Crippen molar-refractivity contribution in [2.45, 2.75) is 51.4 Å². The Morgan fingerprint density at radius 2 is 1.53 bits per heavy atom. The molecule has 1 aliphatic carbocycles. The van der Waals surface area contributed by atoms with Gasteiger partial charge in [0.2, 0.25) is 0 Å². The second-order valence-electron chi connectivity index (χ2n) is 8.96. The molecule has 2 aromatic rings. The van der Waals surface area contributed by atoms with Crippen molar-refractivity contribution < 1.29 is 19.2 Å². The first-order valence-electron chi connectivity index (χ1n) is 9.79. The van der Waals surface area contributed by atoms with Crippen LogP contribution >= 0.6 is 0 Å². The normalized spacial score (nSPS) is 16.3. The van der Waals surface area contributed by atoms with Crippen LogP contribution in [0.4, 0.5) is 11.4 Å². The highest BCUT2D eigenvalue weighted by Gasteiger charge is 2.39. The Balaban J connectivity index is 2.01. The van der Waals surface area contributed by atoms with Crippen LogP contribution in [0.5, 0.6) is 0 Å². The number of esters is 1. The van der Waals surface area contributed by atoms with Gasteiger partial charge in [-0.15, -0.1) is 0 Å². The Hall–Kier alpha value is -3.22. The second kappa shape index (κ2) is 7.55. The maximum atomic E-state index is 13.0. The fraction of sp³-hybridized carbons (Fsp3) is 0.391. The lowest BCUT2D eigenvalue weighted by atomic mass is 9.63. The van der Waals surface area contributed by atoms with Gasteiger partial charge in [0, 0.05) is 11.8 Å². The Morgan fingerprint density at radius 1 is 1.00 bits per heavy atom. The predicted molar refractivity (Wildman–Crippen MR) is 114 cm³/mol. The van der Waals surface area contributed by atoms with Crippen LogP contribution in [0, 0.1) is 10.1 Å². The Labute approximate surface area is 175 Å². The summed E-state index contributed by atoms with van der Waals surface area (Å²) in [4.78, 5) is 35.8. The van der Waals surface area contributed by atoms with Gasteiger partial charge in [0.15, 0.2) is 0 Å². The zero-order valence-corrected chi connectivity index (χ0v) is 17.9. The molecular weight excluding hydrogens is 384 g/mol. The van der Waals surface area contributed by atoms with E-state index in [1.807, 2.05) is 0 Å². The number of hydrogen-bond donors (Lipinski definition) is 1. The monoisotopic (exact) mass is 410 g/mol. The first-order valence-corrected chi connectivity index (χ1v) is 9.79. The minimum atomic E-state index is -0.561. The van der Waals surface area contributed by atoms with E-state index in [0.717, 1.165) is 24.0 Å². The molecule has 158 valence electrons. The summed E-state index contributed by atoms with van der Waals surface area (Å²) in [6.45, 7) is 8.35. The maximum Gasteiger partial charge on any atom is 0.337 e. The molecule has 1 N–H and O–H groups in total. The lowest BCUT2D eigenvalue weighted by Crippen LogP contribution is -2.34. The number of ether oxygens (including phenoxy) is 1. The largest absolute Gasteiger partial charge is 0.465 e. The number of methoxy groups -OCH3 is 1. The zero-order chi connectivity index (χ0) is 22.3. The number of anilines is 1. The van der Waals surface area contributed by atoms with Crippen LogP contribution in [0.1, 0.15) is 72.4 Å². The Kier molecular flexibility index (Phi) is 5.41. The smallest absolute Gasteiger partial charge is 0.337 e. The van der Waals surface area contributed by atoms with Crippen molar-refractivity contribution in [3.63, 3.8) is 0 Å². The highest BCUT2D eigenvalue weighted by atomic mass is 16.6. The quantitative estimate of drug-likeness (QED) is 0.435. The molecule has 30 heavy (non-hydrogen) atoms. The van der Waals surface area contributed by atoms with Crippen LogP contribution in [0.2, 0.25) is 0 Å². The van der Waals surface area contributed by atoms with Crippen LogP contribution in [0.25, 0.3) is 0 Å². The molecule has 0 aromatic heterocycles. The van der Waals surface area contributed by atoms with Crippen molar-refractivity contribution in [1.29, 1.82) is 0 Å². The van der Waals surface area contributed by atoms with Crippen LogP contribution in [0.15, 0.2) is 36.4 Å². The second-order valence-corrected chi connectivity index (χ2v) is 8.96. The van der Waals surface area contributed by atoms with Crippen molar-refractivity contribution >= 4 is 23.3 Å². The average molecular weight is 410 g/mol. The van der Waals surface area contributed by atoms with Gasteiger partial charge in [0.1, 0.15) is 5.56 Å². The molecule has 0 saturated carbocycles. The SMILES string of the molecule is COC(=O)c1ccc(NC(=O)c2cc3c(cc2[N+](=O)[O-])C(C)(C)CCC3(C)C)cc1. The van der Waals surface area contributed by atoms with E-state index in [-0.39, 0.29) is 22.1 Å². The maximum absolute atomic E-state index is 13.0. The highest BCUT2D eigenvalue weighted by Crippen LogP contribution is 2.47. The number of rotatable bonds is 4. The Morgan fingerprint density at radius 3 is 2.03 bits per heavy atom. The Bertz CT molecular complexity index is 1020. The van der Waals surface area contributed by atoms with Gasteiger partial charge in [0.05, 0.1) is 17.6 Å². The predicted octanol–water partition coefficient (Wildman–Crippen LogP) is 4.98. The molecule has 0 fully saturated rings. The third kappa shape index (κ3) is 3.92. The van der Waals surface area contributed by atoms with Crippen molar-refractivity contribution in [2.24, 2.45) is 0 Å². The van der Waals surface area contributed by atoms with Gasteiger partial charge in [-0.2, -0.15) is 0 Å². The summed E-state index contributed by atoms with van der Waals surface area (Å²) in [6, 6.07) is 9.39. The van der Waals surface area contributed by atoms with Gasteiger partial charge in [0.25, 0.3) is 11.6 Å². The molecule has 3 rings (SSSR count). The molecule has 0 aliphatic heterocycles. The van der Waals surface area contributed by atoms with Gasteiger partial charge < -0.3 is 10.1 Å². The fourth-order valence-electron chi connectivity index (χ4n) is 3.94. The third-order valence-electron chi connectivity index (χ3n) is 5.97. The fourth-order valence-corrected chi connectivity index (χ4v) is 3.94. The summed E-state index contributed by atoms with van der Waals surface area (Å²) in [6.07, 6.45) is 1.85. The molecule has 0 saturated heterocycles. The van der Waals surface area contributed by atoms with E-state index < -0.39 is 16.8 Å². The van der Waals surface area contributed by atoms with E-state index >= 15 is 0 Å². The van der Waals surface area contributed by atoms with Crippen molar-refractivity contribution in [3.05, 3.63) is 68.8 Å². The molecule has 0 spiro atoms. The van der Waals surface area contributed by atoms with E-state index in [2.05, 4.69) is 37.7 Å². The number of benzene rings is 2. The van der Waals surface area contributed by atoms with Gasteiger partial charge in [-0.1, -0.05) is 27.7 Å². The van der Waals surface area contributed by atoms with E-state index in [1.54, 1.807) is 24.3 Å². The minimum absolute atomic E-state index is 0.0292. The number of fused-ring (bicyclic) bond motifs is 1. The van der Waals surface area contributed by atoms with Gasteiger partial charge in [-0.25, -0.2) is 4.79 Å². The standard InChI is InChI=1S/C23H26N2O5/c1-22(2)10-11-23(3,4)18-13-19(25(28)29)16(12-17(18)22)20(26)24-15-8-6-14(7-9-15)21(27)30-5/h6-9,12-13H,10-11H2,1-5H3,(H,24,26). The topological polar surface area (TPSA) is 98.5 Å². The van der Waals surface area contributed by atoms with E-state index in [9.17, 15) is 19.7 Å². The molecule has 0 radical (unpaired) electrons. The number of amides is 1. The molecular formula is C23H26N2O5. The number of carbonyl (C=O) groups excluding carboxylic acids is 2. The summed E-state index contributed by atoms with van der Waals surface area (Å²) in [5.41, 5.74) is 2.11. The van der Waals surface area contributed by atoms with Crippen LogP contribution in [-0.2, 0) is 15.6 Å². The number of carbonyl (C=O) groups is 2. The van der Waals surface area contributed by atoms with E-state index in [1.165, 1.54) is 19.2 Å². The third-order valence-corrected chi connectivity index (χ3v) is 5.97. The molecule has 2 aromatic carbocycles. The summed E-state index contributed by atoms with van der Waals surface area (Å²) in [7, 11) is 1.29. The summed E-state index contributed by atoms with van der Waals surface area (Å²) in [5, 5.41) is 14.5. The molecule has 7 nitrogen and oxygen atoms in total. The van der Waals surface area contributed by atoms with Crippen molar-refractivity contribution in [2.75, 3.05) is 12.4 Å². The van der Waals surface area contributed by atoms with Gasteiger partial charge >= 0.3 is 5.97 Å². The molecule has 1 aliphatic rings. The van der Waals surface area contributed by atoms with Gasteiger partial charge in [-0.3, -0.25) is 14.9 Å². The van der Waals surface area contributed by atoms with Crippen LogP contribution < -0.4 is 5.32 Å². The summed E-state index contributed by atoms with van der Waals surface area (Å²) in [5.74, 6) is -1.04. The van der Waals surface area contributed by atoms with Gasteiger partial charge in [-0.05, 0) is 65.1 Å². The molecule has 0 atom stereocenters. The van der Waals surface area contributed by atoms with E-state index in [4.69, 9.17) is 0 Å². The first kappa shape index (κ1) is 21.5. The number of nitrogens with zero attached hydrogens (tertiary/aromatic N) is 1. The lowest BCUT2D eigenvalue weighted by Gasteiger charge is -2.41. The molecule has 7 heteroatoms. The van der Waals surface area contributed by atoms with Crippen LogP contribution in [0.3, 0.4) is 0 Å². The average Bonchev–Trinajstić information content (AvgIpc) is 2.70. The number of nitro benzene ring substituents is 1. The molecule has 0 bridgehead atoms. The van der Waals surface area contributed by atoms with Crippen LogP contribution in [-0.4, -0.2) is 23.9 Å². The zero-order valence-electron chi connectivity index (χ0n) is 17.9. The first-order chi connectivity index (χ1) is 14.0. The number of nitro groups is 1. The summed E-state index contributed by atoms with van der Waals surface area (Å²) >= 11 is 0. The highest BCUT2D eigenvalue weighted by molar-refractivity contribution is 6.07. The molecule has 1 amide bonds. The van der Waals surface area contributed by atoms with E-state index in [0.29, 0.717) is 11.3 Å².